The molecular weight excluding hydrogens is 212 g/mol. The Hall–Kier alpha value is -1.10. The highest BCUT2D eigenvalue weighted by molar-refractivity contribution is 7.99. The average Bonchev–Trinajstić information content (AvgIpc) is 2.69. The second kappa shape index (κ2) is 4.18. The molecule has 0 amide bonds. The van der Waals surface area contributed by atoms with Crippen molar-refractivity contribution < 1.29 is 9.90 Å². The molecule has 2 rings (SSSR count). The van der Waals surface area contributed by atoms with Gasteiger partial charge in [-0.2, -0.15) is 11.8 Å². The third-order valence-corrected chi connectivity index (χ3v) is 3.68. The van der Waals surface area contributed by atoms with Gasteiger partial charge in [0.1, 0.15) is 5.82 Å². The molecule has 1 N–H and O–H groups in total. The Kier molecular flexibility index (Phi) is 2.90. The summed E-state index contributed by atoms with van der Waals surface area (Å²) in [4.78, 5) is 19.2. The third-order valence-electron chi connectivity index (χ3n) is 2.31. The molecule has 1 unspecified atom stereocenters. The van der Waals surface area contributed by atoms with Gasteiger partial charge in [0.25, 0.3) is 0 Å². The molecule has 0 spiro atoms. The number of carbonyl (C=O) groups is 1. The van der Waals surface area contributed by atoms with E-state index in [9.17, 15) is 4.79 Å². The van der Waals surface area contributed by atoms with Crippen molar-refractivity contribution in [3.63, 3.8) is 0 Å². The SMILES string of the molecule is Cc1cc(C(=O)O)nc(C2CCCS2)n1. The number of aromatic nitrogens is 2. The van der Waals surface area contributed by atoms with E-state index in [1.807, 2.05) is 0 Å². The van der Waals surface area contributed by atoms with Gasteiger partial charge in [0.15, 0.2) is 5.69 Å². The van der Waals surface area contributed by atoms with Crippen LogP contribution in [0.4, 0.5) is 0 Å². The largest absolute Gasteiger partial charge is 0.477 e. The van der Waals surface area contributed by atoms with Crippen LogP contribution in [0.5, 0.6) is 0 Å². The zero-order chi connectivity index (χ0) is 10.8. The summed E-state index contributed by atoms with van der Waals surface area (Å²) in [6.07, 6.45) is 2.21. The first-order valence-electron chi connectivity index (χ1n) is 4.87. The van der Waals surface area contributed by atoms with E-state index in [-0.39, 0.29) is 10.9 Å². The lowest BCUT2D eigenvalue weighted by atomic mass is 10.2. The molecule has 1 aliphatic rings. The van der Waals surface area contributed by atoms with E-state index in [1.165, 1.54) is 6.07 Å². The molecule has 15 heavy (non-hydrogen) atoms. The minimum absolute atomic E-state index is 0.102. The van der Waals surface area contributed by atoms with Crippen LogP contribution >= 0.6 is 11.8 Å². The summed E-state index contributed by atoms with van der Waals surface area (Å²) < 4.78 is 0. The first kappa shape index (κ1) is 10.4. The number of nitrogens with zero attached hydrogens (tertiary/aromatic N) is 2. The molecule has 80 valence electrons. The molecule has 2 heterocycles. The Labute approximate surface area is 92.1 Å². The molecule has 5 heteroatoms. The fourth-order valence-corrected chi connectivity index (χ4v) is 2.83. The molecule has 1 saturated heterocycles. The zero-order valence-electron chi connectivity index (χ0n) is 8.43. The van der Waals surface area contributed by atoms with E-state index in [1.54, 1.807) is 18.7 Å². The lowest BCUT2D eigenvalue weighted by molar-refractivity contribution is 0.0689. The molecule has 0 saturated carbocycles. The van der Waals surface area contributed by atoms with Gasteiger partial charge in [-0.15, -0.1) is 0 Å². The van der Waals surface area contributed by atoms with Crippen molar-refractivity contribution >= 4 is 17.7 Å². The van der Waals surface area contributed by atoms with Crippen LogP contribution in [-0.2, 0) is 0 Å². The number of thioether (sulfide) groups is 1. The van der Waals surface area contributed by atoms with Crippen molar-refractivity contribution in [1.29, 1.82) is 0 Å². The second-order valence-electron chi connectivity index (χ2n) is 3.56. The van der Waals surface area contributed by atoms with Crippen LogP contribution in [0.25, 0.3) is 0 Å². The van der Waals surface area contributed by atoms with E-state index in [2.05, 4.69) is 9.97 Å². The maximum absolute atomic E-state index is 10.8. The Balaban J connectivity index is 2.34. The topological polar surface area (TPSA) is 63.1 Å². The van der Waals surface area contributed by atoms with Gasteiger partial charge < -0.3 is 5.11 Å². The minimum atomic E-state index is -0.982. The maximum Gasteiger partial charge on any atom is 0.354 e. The predicted octanol–water partition coefficient (Wildman–Crippen LogP) is 2.05. The fraction of sp³-hybridized carbons (Fsp3) is 0.500. The molecular formula is C10H12N2O2S. The zero-order valence-corrected chi connectivity index (χ0v) is 9.25. The summed E-state index contributed by atoms with van der Waals surface area (Å²) in [5.74, 6) is 0.810. The molecule has 1 aliphatic heterocycles. The molecule has 1 fully saturated rings. The summed E-state index contributed by atoms with van der Waals surface area (Å²) in [5, 5.41) is 9.16. The highest BCUT2D eigenvalue weighted by Gasteiger charge is 2.21. The van der Waals surface area contributed by atoms with Gasteiger partial charge in [0, 0.05) is 5.69 Å². The smallest absolute Gasteiger partial charge is 0.354 e. The highest BCUT2D eigenvalue weighted by Crippen LogP contribution is 2.38. The van der Waals surface area contributed by atoms with Crippen LogP contribution in [0, 0.1) is 6.92 Å². The van der Waals surface area contributed by atoms with Crippen molar-refractivity contribution in [2.75, 3.05) is 5.75 Å². The van der Waals surface area contributed by atoms with Crippen molar-refractivity contribution in [1.82, 2.24) is 9.97 Å². The van der Waals surface area contributed by atoms with Crippen LogP contribution in [0.15, 0.2) is 6.07 Å². The molecule has 0 aliphatic carbocycles. The number of aromatic carboxylic acids is 1. The Morgan fingerprint density at radius 2 is 2.40 bits per heavy atom. The monoisotopic (exact) mass is 224 g/mol. The predicted molar refractivity (Wildman–Crippen MR) is 58.2 cm³/mol. The average molecular weight is 224 g/mol. The molecule has 1 aromatic rings. The first-order chi connectivity index (χ1) is 7.16. The van der Waals surface area contributed by atoms with E-state index >= 15 is 0 Å². The summed E-state index contributed by atoms with van der Waals surface area (Å²) in [6, 6.07) is 1.51. The fourth-order valence-electron chi connectivity index (χ4n) is 1.63. The van der Waals surface area contributed by atoms with Crippen molar-refractivity contribution in [2.45, 2.75) is 25.0 Å². The molecule has 0 radical (unpaired) electrons. The highest BCUT2D eigenvalue weighted by atomic mass is 32.2. The van der Waals surface area contributed by atoms with Crippen LogP contribution in [0.3, 0.4) is 0 Å². The summed E-state index contributed by atoms with van der Waals surface area (Å²) >= 11 is 1.81. The number of rotatable bonds is 2. The van der Waals surface area contributed by atoms with E-state index in [4.69, 9.17) is 5.11 Å². The summed E-state index contributed by atoms with van der Waals surface area (Å²) in [7, 11) is 0. The lowest BCUT2D eigenvalue weighted by Gasteiger charge is -2.08. The van der Waals surface area contributed by atoms with Crippen molar-refractivity contribution in [2.24, 2.45) is 0 Å². The molecule has 0 bridgehead atoms. The van der Waals surface area contributed by atoms with Gasteiger partial charge >= 0.3 is 5.97 Å². The molecule has 0 aromatic carbocycles. The lowest BCUT2D eigenvalue weighted by Crippen LogP contribution is -2.07. The van der Waals surface area contributed by atoms with Crippen molar-refractivity contribution in [3.8, 4) is 0 Å². The quantitative estimate of drug-likeness (QED) is 0.833. The minimum Gasteiger partial charge on any atom is -0.477 e. The van der Waals surface area contributed by atoms with E-state index in [0.29, 0.717) is 5.82 Å². The van der Waals surface area contributed by atoms with Crippen LogP contribution in [-0.4, -0.2) is 26.8 Å². The molecule has 4 nitrogen and oxygen atoms in total. The van der Waals surface area contributed by atoms with Gasteiger partial charge in [-0.25, -0.2) is 14.8 Å². The maximum atomic E-state index is 10.8. The summed E-state index contributed by atoms with van der Waals surface area (Å²) in [6.45, 7) is 1.80. The van der Waals surface area contributed by atoms with Gasteiger partial charge in [-0.3, -0.25) is 0 Å². The van der Waals surface area contributed by atoms with Gasteiger partial charge in [0.05, 0.1) is 5.25 Å². The molecule has 1 aromatic heterocycles. The Bertz CT molecular complexity index is 389. The van der Waals surface area contributed by atoms with E-state index < -0.39 is 5.97 Å². The third kappa shape index (κ3) is 2.28. The number of hydrogen-bond acceptors (Lipinski definition) is 4. The number of carboxylic acid groups (broad SMARTS) is 1. The van der Waals surface area contributed by atoms with Crippen molar-refractivity contribution in [3.05, 3.63) is 23.3 Å². The second-order valence-corrected chi connectivity index (χ2v) is 4.87. The van der Waals surface area contributed by atoms with Gasteiger partial charge in [-0.1, -0.05) is 0 Å². The number of hydrogen-bond donors (Lipinski definition) is 1. The summed E-state index contributed by atoms with van der Waals surface area (Å²) in [5.41, 5.74) is 0.829. The first-order valence-corrected chi connectivity index (χ1v) is 5.92. The van der Waals surface area contributed by atoms with Gasteiger partial charge in [0.2, 0.25) is 0 Å². The van der Waals surface area contributed by atoms with E-state index in [0.717, 1.165) is 24.3 Å². The normalized spacial score (nSPS) is 20.5. The van der Waals surface area contributed by atoms with Gasteiger partial charge in [-0.05, 0) is 31.6 Å². The Morgan fingerprint density at radius 1 is 1.60 bits per heavy atom. The number of aryl methyl sites for hydroxylation is 1. The van der Waals surface area contributed by atoms with Crippen LogP contribution in [0.1, 0.15) is 40.1 Å². The molecule has 1 atom stereocenters. The standard InChI is InChI=1S/C10H12N2O2S/c1-6-5-7(10(13)14)12-9(11-6)8-3-2-4-15-8/h5,8H,2-4H2,1H3,(H,13,14). The van der Waals surface area contributed by atoms with Crippen LogP contribution < -0.4 is 0 Å². The Morgan fingerprint density at radius 3 is 3.00 bits per heavy atom. The number of carboxylic acids is 1. The van der Waals surface area contributed by atoms with Crippen LogP contribution in [0.2, 0.25) is 0 Å².